The van der Waals surface area contributed by atoms with E-state index in [2.05, 4.69) is 31.3 Å². The number of nitrogens with zero attached hydrogens (tertiary/aromatic N) is 4. The Morgan fingerprint density at radius 3 is 2.53 bits per heavy atom. The standard InChI is InChI=1S/C22H21N7O2S/c1-12(2)28-22-27-9-14(8-23)19(29-22)16-10-25-21-18(16)20(17(24)11-26-21)32(30,31)15-6-4-13(3)5-7-15/h4-7,9-12H,24H2,1-3H3,(H,25,26)(H,27,28,29). The fourth-order valence-corrected chi connectivity index (χ4v) is 4.96. The van der Waals surface area contributed by atoms with Crippen molar-refractivity contribution in [2.24, 2.45) is 0 Å². The van der Waals surface area contributed by atoms with E-state index in [0.717, 1.165) is 5.56 Å². The molecule has 0 saturated carbocycles. The maximum atomic E-state index is 13.6. The van der Waals surface area contributed by atoms with E-state index in [1.165, 1.54) is 12.4 Å². The summed E-state index contributed by atoms with van der Waals surface area (Å²) in [6.45, 7) is 5.74. The number of hydrogen-bond acceptors (Lipinski definition) is 8. The minimum atomic E-state index is -3.99. The molecule has 4 N–H and O–H groups in total. The number of nitrogen functional groups attached to an aromatic ring is 1. The van der Waals surface area contributed by atoms with Crippen molar-refractivity contribution in [1.82, 2.24) is 19.9 Å². The number of benzene rings is 1. The second kappa shape index (κ2) is 7.94. The van der Waals surface area contributed by atoms with Crippen LogP contribution in [0.4, 0.5) is 11.6 Å². The number of anilines is 2. The van der Waals surface area contributed by atoms with Crippen molar-refractivity contribution in [2.75, 3.05) is 11.1 Å². The number of fused-ring (bicyclic) bond motifs is 1. The van der Waals surface area contributed by atoms with E-state index >= 15 is 0 Å². The number of aryl methyl sites for hydroxylation is 1. The summed E-state index contributed by atoms with van der Waals surface area (Å²) in [4.78, 5) is 15.9. The molecule has 32 heavy (non-hydrogen) atoms. The molecule has 0 spiro atoms. The van der Waals surface area contributed by atoms with Crippen LogP contribution in [0.5, 0.6) is 0 Å². The largest absolute Gasteiger partial charge is 0.396 e. The lowest BCUT2D eigenvalue weighted by Crippen LogP contribution is -2.13. The number of H-pyrrole nitrogens is 1. The van der Waals surface area contributed by atoms with Crippen molar-refractivity contribution in [3.8, 4) is 17.3 Å². The minimum Gasteiger partial charge on any atom is -0.396 e. The number of sulfone groups is 1. The third kappa shape index (κ3) is 3.63. The average molecular weight is 448 g/mol. The molecule has 162 valence electrons. The molecule has 0 radical (unpaired) electrons. The summed E-state index contributed by atoms with van der Waals surface area (Å²) in [5.74, 6) is 0.322. The van der Waals surface area contributed by atoms with Crippen LogP contribution >= 0.6 is 0 Å². The number of pyridine rings is 1. The lowest BCUT2D eigenvalue weighted by molar-refractivity contribution is 0.597. The van der Waals surface area contributed by atoms with Gasteiger partial charge in [-0.2, -0.15) is 5.26 Å². The molecule has 1 aromatic carbocycles. The molecular formula is C22H21N7O2S. The fraction of sp³-hybridized carbons (Fsp3) is 0.182. The van der Waals surface area contributed by atoms with Crippen molar-refractivity contribution in [2.45, 2.75) is 36.6 Å². The van der Waals surface area contributed by atoms with Gasteiger partial charge in [0.1, 0.15) is 16.6 Å². The van der Waals surface area contributed by atoms with E-state index in [-0.39, 0.29) is 38.2 Å². The van der Waals surface area contributed by atoms with Gasteiger partial charge >= 0.3 is 0 Å². The van der Waals surface area contributed by atoms with Gasteiger partial charge in [-0.3, -0.25) is 0 Å². The van der Waals surface area contributed by atoms with E-state index in [1.54, 1.807) is 30.5 Å². The van der Waals surface area contributed by atoms with Crippen molar-refractivity contribution >= 4 is 32.5 Å². The van der Waals surface area contributed by atoms with Crippen LogP contribution in [0.3, 0.4) is 0 Å². The fourth-order valence-electron chi connectivity index (χ4n) is 3.39. The molecule has 9 nitrogen and oxygen atoms in total. The number of hydrogen-bond donors (Lipinski definition) is 3. The van der Waals surface area contributed by atoms with Gasteiger partial charge < -0.3 is 16.0 Å². The van der Waals surface area contributed by atoms with Crippen molar-refractivity contribution < 1.29 is 8.42 Å². The summed E-state index contributed by atoms with van der Waals surface area (Å²) in [5, 5.41) is 13.0. The van der Waals surface area contributed by atoms with Gasteiger partial charge in [-0.15, -0.1) is 0 Å². The third-order valence-electron chi connectivity index (χ3n) is 4.86. The van der Waals surface area contributed by atoms with E-state index in [4.69, 9.17) is 5.73 Å². The van der Waals surface area contributed by atoms with Crippen molar-refractivity contribution in [3.05, 3.63) is 54.0 Å². The quantitative estimate of drug-likeness (QED) is 0.421. The second-order valence-corrected chi connectivity index (χ2v) is 9.54. The first-order valence-electron chi connectivity index (χ1n) is 9.83. The summed E-state index contributed by atoms with van der Waals surface area (Å²) in [5.41, 5.74) is 8.28. The van der Waals surface area contributed by atoms with Gasteiger partial charge in [-0.05, 0) is 32.9 Å². The highest BCUT2D eigenvalue weighted by Gasteiger charge is 2.28. The monoisotopic (exact) mass is 447 g/mol. The van der Waals surface area contributed by atoms with Gasteiger partial charge in [0.2, 0.25) is 15.8 Å². The number of aromatic amines is 1. The van der Waals surface area contributed by atoms with Crippen LogP contribution in [0.25, 0.3) is 22.3 Å². The van der Waals surface area contributed by atoms with Gasteiger partial charge in [-0.1, -0.05) is 17.7 Å². The maximum Gasteiger partial charge on any atom is 0.223 e. The lowest BCUT2D eigenvalue weighted by atomic mass is 10.1. The number of nitriles is 1. The topological polar surface area (TPSA) is 150 Å². The number of rotatable bonds is 5. The molecule has 0 amide bonds. The Bertz CT molecular complexity index is 1470. The molecular weight excluding hydrogens is 426 g/mol. The van der Waals surface area contributed by atoms with Crippen molar-refractivity contribution in [3.63, 3.8) is 0 Å². The summed E-state index contributed by atoms with van der Waals surface area (Å²) in [7, 11) is -3.99. The van der Waals surface area contributed by atoms with Gasteiger partial charge in [-0.25, -0.2) is 23.4 Å². The van der Waals surface area contributed by atoms with E-state index < -0.39 is 9.84 Å². The number of nitrogens with two attached hydrogens (primary N) is 1. The first-order chi connectivity index (χ1) is 15.2. The zero-order valence-electron chi connectivity index (χ0n) is 17.7. The predicted octanol–water partition coefficient (Wildman–Crippen LogP) is 3.44. The molecule has 3 aromatic heterocycles. The molecule has 0 fully saturated rings. The normalized spacial score (nSPS) is 11.6. The Hall–Kier alpha value is -3.97. The Morgan fingerprint density at radius 1 is 1.16 bits per heavy atom. The second-order valence-electron chi connectivity index (χ2n) is 7.65. The van der Waals surface area contributed by atoms with Crippen LogP contribution in [0.2, 0.25) is 0 Å². The molecule has 4 aromatic rings. The minimum absolute atomic E-state index is 0.00650. The maximum absolute atomic E-state index is 13.6. The van der Waals surface area contributed by atoms with Crippen LogP contribution in [-0.2, 0) is 9.84 Å². The van der Waals surface area contributed by atoms with Crippen LogP contribution in [0, 0.1) is 18.3 Å². The Labute approximate surface area is 185 Å². The number of nitrogens with one attached hydrogen (secondary N) is 2. The lowest BCUT2D eigenvalue weighted by Gasteiger charge is -2.12. The van der Waals surface area contributed by atoms with Crippen LogP contribution in [-0.4, -0.2) is 34.4 Å². The van der Waals surface area contributed by atoms with E-state index in [0.29, 0.717) is 17.2 Å². The van der Waals surface area contributed by atoms with Crippen molar-refractivity contribution in [1.29, 1.82) is 5.26 Å². The highest BCUT2D eigenvalue weighted by atomic mass is 32.2. The SMILES string of the molecule is Cc1ccc(S(=O)(=O)c2c(N)cnc3[nH]cc(-c4nc(NC(C)C)ncc4C#N)c23)cc1. The number of aromatic nitrogens is 4. The molecule has 0 unspecified atom stereocenters. The van der Waals surface area contributed by atoms with Gasteiger partial charge in [0.25, 0.3) is 0 Å². The average Bonchev–Trinajstić information content (AvgIpc) is 3.17. The molecule has 4 rings (SSSR count). The van der Waals surface area contributed by atoms with Gasteiger partial charge in [0.05, 0.1) is 34.2 Å². The zero-order chi connectivity index (χ0) is 23.0. The molecule has 0 aliphatic rings. The predicted molar refractivity (Wildman–Crippen MR) is 122 cm³/mol. The molecule has 0 saturated heterocycles. The third-order valence-corrected chi connectivity index (χ3v) is 6.73. The molecule has 0 atom stereocenters. The Morgan fingerprint density at radius 2 is 1.88 bits per heavy atom. The molecule has 0 bridgehead atoms. The highest BCUT2D eigenvalue weighted by Crippen LogP contribution is 2.38. The Kier molecular flexibility index (Phi) is 5.28. The van der Waals surface area contributed by atoms with E-state index in [9.17, 15) is 13.7 Å². The summed E-state index contributed by atoms with van der Waals surface area (Å²) in [6.07, 6.45) is 4.29. The first kappa shape index (κ1) is 21.3. The van der Waals surface area contributed by atoms with Gasteiger partial charge in [0, 0.05) is 23.2 Å². The summed E-state index contributed by atoms with van der Waals surface area (Å²) in [6, 6.07) is 8.66. The van der Waals surface area contributed by atoms with Crippen LogP contribution in [0.15, 0.2) is 52.6 Å². The van der Waals surface area contributed by atoms with Gasteiger partial charge in [0.15, 0.2) is 0 Å². The first-order valence-corrected chi connectivity index (χ1v) is 11.3. The highest BCUT2D eigenvalue weighted by molar-refractivity contribution is 7.92. The van der Waals surface area contributed by atoms with E-state index in [1.807, 2.05) is 20.8 Å². The van der Waals surface area contributed by atoms with Crippen LogP contribution in [0.1, 0.15) is 25.0 Å². The molecule has 10 heteroatoms. The van der Waals surface area contributed by atoms with Crippen LogP contribution < -0.4 is 11.1 Å². The molecule has 0 aliphatic heterocycles. The molecule has 3 heterocycles. The zero-order valence-corrected chi connectivity index (χ0v) is 18.5. The summed E-state index contributed by atoms with van der Waals surface area (Å²) >= 11 is 0. The molecule has 0 aliphatic carbocycles. The smallest absolute Gasteiger partial charge is 0.223 e. The Balaban J connectivity index is 2.02. The summed E-state index contributed by atoms with van der Waals surface area (Å²) < 4.78 is 27.2.